The highest BCUT2D eigenvalue weighted by Crippen LogP contribution is 2.22. The second-order valence-electron chi connectivity index (χ2n) is 4.27. The van der Waals surface area contributed by atoms with Gasteiger partial charge in [0.15, 0.2) is 0 Å². The summed E-state index contributed by atoms with van der Waals surface area (Å²) >= 11 is 6.03. The smallest absolute Gasteiger partial charge is 0.250 e. The topological polar surface area (TPSA) is 46.2 Å². The van der Waals surface area contributed by atoms with Gasteiger partial charge < -0.3 is 5.32 Å². The molecule has 19 heavy (non-hydrogen) atoms. The van der Waals surface area contributed by atoms with Gasteiger partial charge in [-0.3, -0.25) is 9.00 Å². The van der Waals surface area contributed by atoms with Crippen LogP contribution < -0.4 is 5.32 Å². The lowest BCUT2D eigenvalue weighted by Gasteiger charge is -2.09. The minimum Gasteiger partial charge on any atom is -0.322 e. The molecule has 1 unspecified atom stereocenters. The molecule has 0 saturated heterocycles. The van der Waals surface area contributed by atoms with E-state index in [-0.39, 0.29) is 5.91 Å². The first-order chi connectivity index (χ1) is 8.93. The van der Waals surface area contributed by atoms with E-state index >= 15 is 0 Å². The Balaban J connectivity index is 2.88. The molecule has 5 heteroatoms. The van der Waals surface area contributed by atoms with Gasteiger partial charge in [0.25, 0.3) is 5.91 Å². The van der Waals surface area contributed by atoms with Crippen molar-refractivity contribution in [1.29, 1.82) is 0 Å². The normalized spacial score (nSPS) is 13.2. The van der Waals surface area contributed by atoms with Gasteiger partial charge >= 0.3 is 0 Å². The average Bonchev–Trinajstić information content (AvgIpc) is 2.33. The Hall–Kier alpha value is -1.13. The zero-order valence-electron chi connectivity index (χ0n) is 11.3. The van der Waals surface area contributed by atoms with Crippen LogP contribution in [0.25, 0.3) is 0 Å². The lowest BCUT2D eigenvalue weighted by atomic mass is 10.2. The van der Waals surface area contributed by atoms with Crippen molar-refractivity contribution >= 4 is 34.0 Å². The molecule has 0 bridgehead atoms. The fraction of sp³-hybridized carbons (Fsp3) is 0.357. The number of hydrogen-bond donors (Lipinski definition) is 1. The Morgan fingerprint density at radius 2 is 2.16 bits per heavy atom. The van der Waals surface area contributed by atoms with E-state index in [0.29, 0.717) is 22.0 Å². The van der Waals surface area contributed by atoms with E-state index < -0.39 is 10.8 Å². The highest BCUT2D eigenvalue weighted by molar-refractivity contribution is 7.83. The molecule has 0 aliphatic carbocycles. The third-order valence-corrected chi connectivity index (χ3v) is 3.62. The fourth-order valence-corrected chi connectivity index (χ4v) is 2.55. The standard InChI is InChI=1S/C14H18ClNO2S/c1-4-5-10(2)14(17)16-12-6-7-13(15)11(8-12)9-19(3)18/h5-8H,4,9H2,1-3H3,(H,16,17)/b10-5+. The molecule has 1 amide bonds. The molecule has 3 nitrogen and oxygen atoms in total. The number of hydrogen-bond acceptors (Lipinski definition) is 2. The van der Waals surface area contributed by atoms with E-state index in [9.17, 15) is 9.00 Å². The molecule has 0 aromatic heterocycles. The summed E-state index contributed by atoms with van der Waals surface area (Å²) in [5.41, 5.74) is 2.12. The van der Waals surface area contributed by atoms with Crippen molar-refractivity contribution in [2.24, 2.45) is 0 Å². The predicted molar refractivity (Wildman–Crippen MR) is 81.9 cm³/mol. The van der Waals surface area contributed by atoms with Crippen molar-refractivity contribution in [2.45, 2.75) is 26.0 Å². The monoisotopic (exact) mass is 299 g/mol. The maximum atomic E-state index is 11.8. The van der Waals surface area contributed by atoms with Crippen LogP contribution >= 0.6 is 11.6 Å². The average molecular weight is 300 g/mol. The molecule has 0 aliphatic heterocycles. The van der Waals surface area contributed by atoms with E-state index in [0.717, 1.165) is 12.0 Å². The first kappa shape index (κ1) is 15.9. The largest absolute Gasteiger partial charge is 0.322 e. The zero-order chi connectivity index (χ0) is 14.4. The Labute approximate surface area is 121 Å². The Morgan fingerprint density at radius 1 is 1.47 bits per heavy atom. The van der Waals surface area contributed by atoms with Gasteiger partial charge in [0.05, 0.1) is 0 Å². The lowest BCUT2D eigenvalue weighted by molar-refractivity contribution is -0.112. The number of nitrogens with one attached hydrogen (secondary N) is 1. The van der Waals surface area contributed by atoms with E-state index in [1.165, 1.54) is 0 Å². The third-order valence-electron chi connectivity index (χ3n) is 2.53. The van der Waals surface area contributed by atoms with Crippen molar-refractivity contribution in [1.82, 2.24) is 0 Å². The molecule has 0 spiro atoms. The zero-order valence-corrected chi connectivity index (χ0v) is 12.9. The maximum Gasteiger partial charge on any atom is 0.250 e. The summed E-state index contributed by atoms with van der Waals surface area (Å²) < 4.78 is 11.2. The Kier molecular flexibility index (Phi) is 6.25. The maximum absolute atomic E-state index is 11.8. The van der Waals surface area contributed by atoms with Crippen LogP contribution in [-0.2, 0) is 21.3 Å². The summed E-state index contributed by atoms with van der Waals surface area (Å²) in [7, 11) is -0.968. The highest BCUT2D eigenvalue weighted by Gasteiger charge is 2.08. The number of anilines is 1. The number of carbonyl (C=O) groups excluding carboxylic acids is 1. The highest BCUT2D eigenvalue weighted by atomic mass is 35.5. The molecule has 1 rings (SSSR count). The molecule has 1 aromatic carbocycles. The summed E-state index contributed by atoms with van der Waals surface area (Å²) in [4.78, 5) is 11.8. The van der Waals surface area contributed by atoms with Crippen LogP contribution in [0, 0.1) is 0 Å². The van der Waals surface area contributed by atoms with Crippen molar-refractivity contribution in [3.63, 3.8) is 0 Å². The van der Waals surface area contributed by atoms with E-state index in [1.807, 2.05) is 13.0 Å². The summed E-state index contributed by atoms with van der Waals surface area (Å²) in [5.74, 6) is 0.250. The summed E-state index contributed by atoms with van der Waals surface area (Å²) in [6, 6.07) is 5.21. The Morgan fingerprint density at radius 3 is 2.74 bits per heavy atom. The molecular formula is C14H18ClNO2S. The SMILES string of the molecule is CC/C=C(\C)C(=O)Nc1ccc(Cl)c(CS(C)=O)c1. The number of rotatable bonds is 5. The minimum atomic E-state index is -0.968. The van der Waals surface area contributed by atoms with Gasteiger partial charge in [0, 0.05) is 39.1 Å². The number of halogens is 1. The number of amides is 1. The molecule has 1 aromatic rings. The second kappa shape index (κ2) is 7.46. The number of carbonyl (C=O) groups is 1. The molecule has 0 aliphatic rings. The molecule has 1 N–H and O–H groups in total. The van der Waals surface area contributed by atoms with Gasteiger partial charge in [-0.1, -0.05) is 24.6 Å². The first-order valence-corrected chi connectivity index (χ1v) is 8.11. The molecular weight excluding hydrogens is 282 g/mol. The Bertz CT molecular complexity index is 526. The van der Waals surface area contributed by atoms with Crippen LogP contribution in [0.1, 0.15) is 25.8 Å². The van der Waals surface area contributed by atoms with Crippen LogP contribution in [0.4, 0.5) is 5.69 Å². The number of benzene rings is 1. The quantitative estimate of drug-likeness (QED) is 0.846. The van der Waals surface area contributed by atoms with Gasteiger partial charge in [-0.25, -0.2) is 0 Å². The van der Waals surface area contributed by atoms with Crippen LogP contribution in [0.15, 0.2) is 29.8 Å². The van der Waals surface area contributed by atoms with Crippen LogP contribution in [0.2, 0.25) is 5.02 Å². The molecule has 0 radical (unpaired) electrons. The van der Waals surface area contributed by atoms with Crippen molar-refractivity contribution < 1.29 is 9.00 Å². The molecule has 1 atom stereocenters. The predicted octanol–water partition coefficient (Wildman–Crippen LogP) is 3.51. The minimum absolute atomic E-state index is 0.132. The lowest BCUT2D eigenvalue weighted by Crippen LogP contribution is -2.12. The van der Waals surface area contributed by atoms with Crippen molar-refractivity contribution in [2.75, 3.05) is 11.6 Å². The molecule has 0 saturated carbocycles. The van der Waals surface area contributed by atoms with Gasteiger partial charge in [0.2, 0.25) is 0 Å². The molecule has 0 heterocycles. The number of allylic oxidation sites excluding steroid dienone is 1. The first-order valence-electron chi connectivity index (χ1n) is 6.00. The van der Waals surface area contributed by atoms with Gasteiger partial charge in [-0.15, -0.1) is 0 Å². The van der Waals surface area contributed by atoms with Crippen molar-refractivity contribution in [3.8, 4) is 0 Å². The molecule has 104 valence electrons. The van der Waals surface area contributed by atoms with Crippen LogP contribution in [-0.4, -0.2) is 16.4 Å². The summed E-state index contributed by atoms with van der Waals surface area (Å²) in [6.45, 7) is 3.75. The van der Waals surface area contributed by atoms with Gasteiger partial charge in [-0.2, -0.15) is 0 Å². The van der Waals surface area contributed by atoms with Gasteiger partial charge in [0.1, 0.15) is 0 Å². The van der Waals surface area contributed by atoms with E-state index in [1.54, 1.807) is 31.4 Å². The van der Waals surface area contributed by atoms with Crippen LogP contribution in [0.5, 0.6) is 0 Å². The van der Waals surface area contributed by atoms with Crippen LogP contribution in [0.3, 0.4) is 0 Å². The van der Waals surface area contributed by atoms with Gasteiger partial charge in [-0.05, 0) is 37.1 Å². The third kappa shape index (κ3) is 5.17. The van der Waals surface area contributed by atoms with E-state index in [4.69, 9.17) is 11.6 Å². The summed E-state index contributed by atoms with van der Waals surface area (Å²) in [5, 5.41) is 3.37. The molecule has 0 fully saturated rings. The fourth-order valence-electron chi connectivity index (χ4n) is 1.61. The van der Waals surface area contributed by atoms with E-state index in [2.05, 4.69) is 5.32 Å². The second-order valence-corrected chi connectivity index (χ2v) is 6.12. The van der Waals surface area contributed by atoms with Crippen molar-refractivity contribution in [3.05, 3.63) is 40.4 Å². The summed E-state index contributed by atoms with van der Waals surface area (Å²) in [6.07, 6.45) is 4.31.